The standard InChI is InChI=1S/C16H16ClF3N4O3S/c1-28(26,27)24-13-4-3-11(17)8-12(13)15(25)22-7-6-21-14-5-2-10(9-23-14)16(18,19)20/h2-5,8-9,24H,6-7H2,1H3,(H,21,23)(H,22,25). The Hall–Kier alpha value is -2.53. The Bertz CT molecular complexity index is 951. The van der Waals surface area contributed by atoms with Crippen molar-refractivity contribution in [1.29, 1.82) is 0 Å². The minimum atomic E-state index is -4.46. The largest absolute Gasteiger partial charge is 0.417 e. The molecule has 1 heterocycles. The minimum absolute atomic E-state index is 0.0329. The van der Waals surface area contributed by atoms with Crippen LogP contribution in [0.15, 0.2) is 36.5 Å². The van der Waals surface area contributed by atoms with E-state index in [0.29, 0.717) is 6.20 Å². The van der Waals surface area contributed by atoms with Crippen LogP contribution in [0, 0.1) is 0 Å². The summed E-state index contributed by atoms with van der Waals surface area (Å²) in [7, 11) is -3.60. The number of rotatable bonds is 7. The molecule has 0 atom stereocenters. The number of benzene rings is 1. The van der Waals surface area contributed by atoms with Crippen molar-refractivity contribution in [3.05, 3.63) is 52.7 Å². The number of halogens is 4. The van der Waals surface area contributed by atoms with Crippen molar-refractivity contribution >= 4 is 39.0 Å². The minimum Gasteiger partial charge on any atom is -0.368 e. The molecule has 0 aliphatic heterocycles. The fraction of sp³-hybridized carbons (Fsp3) is 0.250. The van der Waals surface area contributed by atoms with Gasteiger partial charge in [0.05, 0.1) is 23.1 Å². The van der Waals surface area contributed by atoms with Gasteiger partial charge in [0.25, 0.3) is 5.91 Å². The molecule has 0 saturated carbocycles. The number of hydrogen-bond donors (Lipinski definition) is 3. The van der Waals surface area contributed by atoms with Gasteiger partial charge in [0.15, 0.2) is 0 Å². The maximum atomic E-state index is 12.5. The third kappa shape index (κ3) is 6.57. The van der Waals surface area contributed by atoms with Crippen LogP contribution < -0.4 is 15.4 Å². The zero-order valence-corrected chi connectivity index (χ0v) is 16.0. The third-order valence-electron chi connectivity index (χ3n) is 3.33. The van der Waals surface area contributed by atoms with E-state index >= 15 is 0 Å². The van der Waals surface area contributed by atoms with E-state index in [4.69, 9.17) is 11.6 Å². The fourth-order valence-corrected chi connectivity index (χ4v) is 2.87. The Morgan fingerprint density at radius 2 is 1.89 bits per heavy atom. The number of aromatic nitrogens is 1. The van der Waals surface area contributed by atoms with Gasteiger partial charge in [-0.25, -0.2) is 13.4 Å². The Kier molecular flexibility index (Phi) is 6.73. The molecule has 152 valence electrons. The van der Waals surface area contributed by atoms with Gasteiger partial charge in [-0.05, 0) is 30.3 Å². The molecule has 0 unspecified atom stereocenters. The predicted octanol–water partition coefficient (Wildman–Crippen LogP) is 2.97. The summed E-state index contributed by atoms with van der Waals surface area (Å²) in [5.74, 6) is -0.361. The van der Waals surface area contributed by atoms with Gasteiger partial charge in [-0.1, -0.05) is 11.6 Å². The first kappa shape index (κ1) is 21.8. The first-order valence-electron chi connectivity index (χ1n) is 7.78. The number of nitrogens with one attached hydrogen (secondary N) is 3. The fourth-order valence-electron chi connectivity index (χ4n) is 2.12. The van der Waals surface area contributed by atoms with Gasteiger partial charge in [0.1, 0.15) is 5.82 Å². The Morgan fingerprint density at radius 1 is 1.18 bits per heavy atom. The quantitative estimate of drug-likeness (QED) is 0.579. The van der Waals surface area contributed by atoms with Gasteiger partial charge in [0.2, 0.25) is 10.0 Å². The molecule has 3 N–H and O–H groups in total. The number of hydrogen-bond acceptors (Lipinski definition) is 5. The van der Waals surface area contributed by atoms with Crippen LogP contribution in [0.25, 0.3) is 0 Å². The lowest BCUT2D eigenvalue weighted by Gasteiger charge is -2.12. The van der Waals surface area contributed by atoms with Crippen LogP contribution in [-0.4, -0.2) is 38.7 Å². The average molecular weight is 437 g/mol. The topological polar surface area (TPSA) is 100 Å². The zero-order chi connectivity index (χ0) is 20.9. The molecule has 0 aliphatic rings. The molecule has 28 heavy (non-hydrogen) atoms. The van der Waals surface area contributed by atoms with E-state index in [2.05, 4.69) is 20.3 Å². The van der Waals surface area contributed by atoms with Crippen LogP contribution in [0.3, 0.4) is 0 Å². The van der Waals surface area contributed by atoms with E-state index < -0.39 is 27.7 Å². The maximum Gasteiger partial charge on any atom is 0.417 e. The number of pyridine rings is 1. The molecule has 0 saturated heterocycles. The van der Waals surface area contributed by atoms with E-state index in [-0.39, 0.29) is 35.2 Å². The molecule has 0 aliphatic carbocycles. The number of sulfonamides is 1. The van der Waals surface area contributed by atoms with Gasteiger partial charge >= 0.3 is 6.18 Å². The van der Waals surface area contributed by atoms with E-state index in [1.165, 1.54) is 24.3 Å². The lowest BCUT2D eigenvalue weighted by atomic mass is 10.1. The number of carbonyl (C=O) groups excluding carboxylic acids is 1. The molecule has 7 nitrogen and oxygen atoms in total. The lowest BCUT2D eigenvalue weighted by molar-refractivity contribution is -0.137. The molecular formula is C16H16ClF3N4O3S. The summed E-state index contributed by atoms with van der Waals surface area (Å²) in [6, 6.07) is 6.18. The molecule has 0 bridgehead atoms. The number of alkyl halides is 3. The Morgan fingerprint density at radius 3 is 2.46 bits per heavy atom. The van der Waals surface area contributed by atoms with Crippen molar-refractivity contribution in [3.8, 4) is 0 Å². The molecule has 0 spiro atoms. The monoisotopic (exact) mass is 436 g/mol. The number of carbonyl (C=O) groups is 1. The summed E-state index contributed by atoms with van der Waals surface area (Å²) in [4.78, 5) is 15.9. The number of anilines is 2. The molecule has 2 rings (SSSR count). The normalized spacial score (nSPS) is 11.8. The van der Waals surface area contributed by atoms with Gasteiger partial charge in [-0.2, -0.15) is 13.2 Å². The number of amides is 1. The summed E-state index contributed by atoms with van der Waals surface area (Å²) >= 11 is 5.86. The van der Waals surface area contributed by atoms with Crippen LogP contribution in [0.5, 0.6) is 0 Å². The molecule has 1 aromatic heterocycles. The molecule has 1 amide bonds. The summed E-state index contributed by atoms with van der Waals surface area (Å²) in [5.41, 5.74) is -0.759. The average Bonchev–Trinajstić information content (AvgIpc) is 2.58. The van der Waals surface area contributed by atoms with E-state index in [0.717, 1.165) is 12.3 Å². The first-order valence-corrected chi connectivity index (χ1v) is 10.1. The van der Waals surface area contributed by atoms with Crippen LogP contribution in [0.1, 0.15) is 15.9 Å². The second-order valence-corrected chi connectivity index (χ2v) is 7.86. The van der Waals surface area contributed by atoms with E-state index in [9.17, 15) is 26.4 Å². The van der Waals surface area contributed by atoms with Gasteiger partial charge < -0.3 is 10.6 Å². The second kappa shape index (κ2) is 8.65. The van der Waals surface area contributed by atoms with Gasteiger partial charge in [-0.3, -0.25) is 9.52 Å². The highest BCUT2D eigenvalue weighted by Gasteiger charge is 2.30. The smallest absolute Gasteiger partial charge is 0.368 e. The van der Waals surface area contributed by atoms with Crippen molar-refractivity contribution in [3.63, 3.8) is 0 Å². The maximum absolute atomic E-state index is 12.5. The molecule has 2 aromatic rings. The SMILES string of the molecule is CS(=O)(=O)Nc1ccc(Cl)cc1C(=O)NCCNc1ccc(C(F)(F)F)cn1. The first-order chi connectivity index (χ1) is 13.0. The highest BCUT2D eigenvalue weighted by atomic mass is 35.5. The number of nitrogens with zero attached hydrogens (tertiary/aromatic N) is 1. The molecular weight excluding hydrogens is 421 g/mol. The van der Waals surface area contributed by atoms with Crippen LogP contribution in [0.2, 0.25) is 5.02 Å². The third-order valence-corrected chi connectivity index (χ3v) is 4.15. The highest BCUT2D eigenvalue weighted by molar-refractivity contribution is 7.92. The lowest BCUT2D eigenvalue weighted by Crippen LogP contribution is -2.29. The van der Waals surface area contributed by atoms with Crippen molar-refractivity contribution < 1.29 is 26.4 Å². The van der Waals surface area contributed by atoms with Gasteiger partial charge in [-0.15, -0.1) is 0 Å². The van der Waals surface area contributed by atoms with Crippen LogP contribution in [-0.2, 0) is 16.2 Å². The summed E-state index contributed by atoms with van der Waals surface area (Å²) < 4.78 is 62.5. The Balaban J connectivity index is 1.93. The zero-order valence-electron chi connectivity index (χ0n) is 14.5. The summed E-state index contributed by atoms with van der Waals surface area (Å²) in [6.07, 6.45) is -2.81. The van der Waals surface area contributed by atoms with Crippen molar-refractivity contribution in [1.82, 2.24) is 10.3 Å². The summed E-state index contributed by atoms with van der Waals surface area (Å²) in [6.45, 7) is 0.284. The van der Waals surface area contributed by atoms with Crippen LogP contribution >= 0.6 is 11.6 Å². The molecule has 12 heteroatoms. The van der Waals surface area contributed by atoms with Gasteiger partial charge in [0, 0.05) is 24.3 Å². The van der Waals surface area contributed by atoms with E-state index in [1.54, 1.807) is 0 Å². The highest BCUT2D eigenvalue weighted by Crippen LogP contribution is 2.28. The molecule has 1 aromatic carbocycles. The van der Waals surface area contributed by atoms with Crippen molar-refractivity contribution in [2.45, 2.75) is 6.18 Å². The van der Waals surface area contributed by atoms with Crippen LogP contribution in [0.4, 0.5) is 24.7 Å². The van der Waals surface area contributed by atoms with Crippen molar-refractivity contribution in [2.75, 3.05) is 29.4 Å². The van der Waals surface area contributed by atoms with E-state index in [1.807, 2.05) is 0 Å². The Labute approximate surface area is 164 Å². The predicted molar refractivity (Wildman–Crippen MR) is 100.0 cm³/mol. The second-order valence-electron chi connectivity index (χ2n) is 5.68. The molecule has 0 fully saturated rings. The van der Waals surface area contributed by atoms with Crippen molar-refractivity contribution in [2.24, 2.45) is 0 Å². The summed E-state index contributed by atoms with van der Waals surface area (Å²) in [5, 5.41) is 5.57. The molecule has 0 radical (unpaired) electrons.